The van der Waals surface area contributed by atoms with Gasteiger partial charge in [0.25, 0.3) is 0 Å². The predicted octanol–water partition coefficient (Wildman–Crippen LogP) is 2.96. The maximum atomic E-state index is 12.2. The number of anilines is 1. The highest BCUT2D eigenvalue weighted by Gasteiger charge is 2.23. The number of rotatable bonds is 3. The quantitative estimate of drug-likeness (QED) is 0.902. The van der Waals surface area contributed by atoms with E-state index in [1.807, 2.05) is 30.3 Å². The zero-order valence-electron chi connectivity index (χ0n) is 10.6. The number of para-hydroxylation sites is 1. The van der Waals surface area contributed by atoms with Crippen molar-refractivity contribution in [2.45, 2.75) is 6.42 Å². The first-order chi connectivity index (χ1) is 9.34. The lowest BCUT2D eigenvalue weighted by molar-refractivity contribution is -0.119. The zero-order valence-corrected chi connectivity index (χ0v) is 11.4. The Labute approximate surface area is 116 Å². The van der Waals surface area contributed by atoms with E-state index in [0.29, 0.717) is 0 Å². The van der Waals surface area contributed by atoms with Crippen LogP contribution in [-0.2, 0) is 4.79 Å². The third-order valence-electron chi connectivity index (χ3n) is 3.40. The van der Waals surface area contributed by atoms with Crippen LogP contribution < -0.4 is 10.6 Å². The van der Waals surface area contributed by atoms with E-state index in [4.69, 9.17) is 0 Å². The van der Waals surface area contributed by atoms with Crippen LogP contribution in [0.15, 0.2) is 41.8 Å². The Morgan fingerprint density at radius 2 is 2.16 bits per heavy atom. The molecule has 1 amide bonds. The van der Waals surface area contributed by atoms with Crippen molar-refractivity contribution >= 4 is 22.9 Å². The number of hydrogen-bond donors (Lipinski definition) is 2. The zero-order chi connectivity index (χ0) is 13.1. The average molecular weight is 272 g/mol. The molecule has 1 fully saturated rings. The van der Waals surface area contributed by atoms with Crippen molar-refractivity contribution < 1.29 is 4.79 Å². The third kappa shape index (κ3) is 2.69. The number of thiophene rings is 1. The molecule has 3 rings (SSSR count). The Bertz CT molecular complexity index is 559. The summed E-state index contributed by atoms with van der Waals surface area (Å²) < 4.78 is 0. The molecule has 1 aromatic carbocycles. The van der Waals surface area contributed by atoms with Gasteiger partial charge in [-0.3, -0.25) is 4.79 Å². The normalized spacial score (nSPS) is 18.4. The van der Waals surface area contributed by atoms with E-state index >= 15 is 0 Å². The summed E-state index contributed by atoms with van der Waals surface area (Å²) in [6, 6.07) is 12.1. The van der Waals surface area contributed by atoms with Crippen LogP contribution in [0.5, 0.6) is 0 Å². The molecule has 4 heteroatoms. The van der Waals surface area contributed by atoms with Gasteiger partial charge >= 0.3 is 0 Å². The topological polar surface area (TPSA) is 41.1 Å². The number of hydrogen-bond acceptors (Lipinski definition) is 3. The van der Waals surface area contributed by atoms with Gasteiger partial charge in [-0.25, -0.2) is 0 Å². The molecule has 2 aromatic rings. The minimum Gasteiger partial charge on any atom is -0.325 e. The van der Waals surface area contributed by atoms with Gasteiger partial charge in [0.05, 0.1) is 5.92 Å². The van der Waals surface area contributed by atoms with Gasteiger partial charge in [-0.2, -0.15) is 0 Å². The van der Waals surface area contributed by atoms with Crippen molar-refractivity contribution in [2.75, 3.05) is 18.4 Å². The van der Waals surface area contributed by atoms with Crippen molar-refractivity contribution in [3.8, 4) is 10.4 Å². The minimum absolute atomic E-state index is 0.0939. The maximum absolute atomic E-state index is 12.2. The molecular weight excluding hydrogens is 256 g/mol. The lowest BCUT2D eigenvalue weighted by atomic mass is 10.1. The van der Waals surface area contributed by atoms with Crippen LogP contribution in [0.1, 0.15) is 6.42 Å². The molecule has 0 saturated carbocycles. The highest BCUT2D eigenvalue weighted by atomic mass is 32.1. The molecular formula is C15H16N2OS. The number of nitrogens with one attached hydrogen (secondary N) is 2. The van der Waals surface area contributed by atoms with Crippen LogP contribution in [-0.4, -0.2) is 19.0 Å². The summed E-state index contributed by atoms with van der Waals surface area (Å²) in [7, 11) is 0. The first-order valence-electron chi connectivity index (χ1n) is 6.49. The number of carbonyl (C=O) groups excluding carboxylic acids is 1. The van der Waals surface area contributed by atoms with Crippen molar-refractivity contribution in [2.24, 2.45) is 5.92 Å². The highest BCUT2D eigenvalue weighted by molar-refractivity contribution is 7.13. The molecule has 2 heterocycles. The lowest BCUT2D eigenvalue weighted by Crippen LogP contribution is -2.24. The second-order valence-corrected chi connectivity index (χ2v) is 5.65. The van der Waals surface area contributed by atoms with Gasteiger partial charge < -0.3 is 10.6 Å². The Kier molecular flexibility index (Phi) is 3.62. The molecule has 0 spiro atoms. The molecule has 1 aliphatic rings. The van der Waals surface area contributed by atoms with Gasteiger partial charge in [0.2, 0.25) is 5.91 Å². The SMILES string of the molecule is O=C(Nc1ccccc1-c1cccs1)C1CCNC1. The molecule has 1 aliphatic heterocycles. The summed E-state index contributed by atoms with van der Waals surface area (Å²) >= 11 is 1.69. The summed E-state index contributed by atoms with van der Waals surface area (Å²) in [6.45, 7) is 1.72. The summed E-state index contributed by atoms with van der Waals surface area (Å²) in [5.74, 6) is 0.213. The van der Waals surface area contributed by atoms with E-state index in [2.05, 4.69) is 22.1 Å². The van der Waals surface area contributed by atoms with Gasteiger partial charge in [0.1, 0.15) is 0 Å². The largest absolute Gasteiger partial charge is 0.325 e. The Morgan fingerprint density at radius 1 is 1.26 bits per heavy atom. The fourth-order valence-corrected chi connectivity index (χ4v) is 3.12. The van der Waals surface area contributed by atoms with Gasteiger partial charge in [-0.1, -0.05) is 24.3 Å². The van der Waals surface area contributed by atoms with Crippen molar-refractivity contribution in [3.05, 3.63) is 41.8 Å². The van der Waals surface area contributed by atoms with Crippen molar-refractivity contribution in [3.63, 3.8) is 0 Å². The predicted molar refractivity (Wildman–Crippen MR) is 79.4 cm³/mol. The molecule has 1 saturated heterocycles. The number of benzene rings is 1. The molecule has 1 aromatic heterocycles. The van der Waals surface area contributed by atoms with Crippen LogP contribution in [0, 0.1) is 5.92 Å². The van der Waals surface area contributed by atoms with Crippen LogP contribution in [0.2, 0.25) is 0 Å². The van der Waals surface area contributed by atoms with Gasteiger partial charge in [0.15, 0.2) is 0 Å². The molecule has 2 N–H and O–H groups in total. The molecule has 0 aliphatic carbocycles. The van der Waals surface area contributed by atoms with Gasteiger partial charge in [-0.05, 0) is 30.5 Å². The average Bonchev–Trinajstić information content (AvgIpc) is 3.13. The van der Waals surface area contributed by atoms with E-state index in [1.54, 1.807) is 11.3 Å². The van der Waals surface area contributed by atoms with Crippen molar-refractivity contribution in [1.29, 1.82) is 0 Å². The number of carbonyl (C=O) groups is 1. The first kappa shape index (κ1) is 12.4. The first-order valence-corrected chi connectivity index (χ1v) is 7.37. The molecule has 98 valence electrons. The molecule has 1 unspecified atom stereocenters. The fraction of sp³-hybridized carbons (Fsp3) is 0.267. The smallest absolute Gasteiger partial charge is 0.228 e. The minimum atomic E-state index is 0.0939. The summed E-state index contributed by atoms with van der Waals surface area (Å²) in [5.41, 5.74) is 2.00. The van der Waals surface area contributed by atoms with Crippen molar-refractivity contribution in [1.82, 2.24) is 5.32 Å². The van der Waals surface area contributed by atoms with Crippen LogP contribution in [0.4, 0.5) is 5.69 Å². The second-order valence-electron chi connectivity index (χ2n) is 4.70. The van der Waals surface area contributed by atoms with E-state index in [9.17, 15) is 4.79 Å². The van der Waals surface area contributed by atoms with E-state index in [-0.39, 0.29) is 11.8 Å². The molecule has 0 radical (unpaired) electrons. The summed E-state index contributed by atoms with van der Waals surface area (Å²) in [5, 5.41) is 8.34. The standard InChI is InChI=1S/C15H16N2OS/c18-15(11-7-8-16-10-11)17-13-5-2-1-4-12(13)14-6-3-9-19-14/h1-6,9,11,16H,7-8,10H2,(H,17,18). The van der Waals surface area contributed by atoms with E-state index < -0.39 is 0 Å². The van der Waals surface area contributed by atoms with Crippen LogP contribution in [0.3, 0.4) is 0 Å². The summed E-state index contributed by atoms with van der Waals surface area (Å²) in [4.78, 5) is 13.4. The van der Waals surface area contributed by atoms with Crippen LogP contribution >= 0.6 is 11.3 Å². The number of amides is 1. The Balaban J connectivity index is 1.83. The van der Waals surface area contributed by atoms with E-state index in [1.165, 1.54) is 4.88 Å². The van der Waals surface area contributed by atoms with Gasteiger partial charge in [0, 0.05) is 22.7 Å². The Morgan fingerprint density at radius 3 is 2.89 bits per heavy atom. The third-order valence-corrected chi connectivity index (χ3v) is 4.31. The highest BCUT2D eigenvalue weighted by Crippen LogP contribution is 2.31. The van der Waals surface area contributed by atoms with Crippen LogP contribution in [0.25, 0.3) is 10.4 Å². The molecule has 19 heavy (non-hydrogen) atoms. The second kappa shape index (κ2) is 5.55. The lowest BCUT2D eigenvalue weighted by Gasteiger charge is -2.13. The summed E-state index contributed by atoms with van der Waals surface area (Å²) in [6.07, 6.45) is 0.924. The fourth-order valence-electron chi connectivity index (χ4n) is 2.35. The molecule has 0 bridgehead atoms. The monoisotopic (exact) mass is 272 g/mol. The maximum Gasteiger partial charge on any atom is 0.228 e. The molecule has 3 nitrogen and oxygen atoms in total. The van der Waals surface area contributed by atoms with E-state index in [0.717, 1.165) is 30.8 Å². The Hall–Kier alpha value is -1.65. The molecule has 1 atom stereocenters. The van der Waals surface area contributed by atoms with Gasteiger partial charge in [-0.15, -0.1) is 11.3 Å².